The molecule has 2 fully saturated rings. The minimum atomic E-state index is -3.45. The Balaban J connectivity index is 1.89. The van der Waals surface area contributed by atoms with E-state index in [1.54, 1.807) is 44.1 Å². The normalized spacial score (nSPS) is 22.4. The quantitative estimate of drug-likeness (QED) is 0.723. The number of sulfonamides is 1. The number of nitrogens with one attached hydrogen (secondary N) is 1. The largest absolute Gasteiger partial charge is 0.331 e. The Hall–Kier alpha value is -2.11. The lowest BCUT2D eigenvalue weighted by Gasteiger charge is -2.31. The Morgan fingerprint density at radius 3 is 2.67 bits per heavy atom. The van der Waals surface area contributed by atoms with E-state index >= 15 is 4.39 Å². The Kier molecular flexibility index (Phi) is 6.44. The molecule has 1 heterocycles. The van der Waals surface area contributed by atoms with Gasteiger partial charge in [0.05, 0.1) is 17.4 Å². The summed E-state index contributed by atoms with van der Waals surface area (Å²) in [7, 11) is -0.150. The number of hydrogen-bond acceptors (Lipinski definition) is 3. The van der Waals surface area contributed by atoms with E-state index in [2.05, 4.69) is 23.5 Å². The molecule has 1 saturated carbocycles. The van der Waals surface area contributed by atoms with Crippen LogP contribution in [0.3, 0.4) is 0 Å². The lowest BCUT2D eigenvalue weighted by Crippen LogP contribution is -2.50. The fraction of sp³-hybridized carbons (Fsp3) is 0.591. The van der Waals surface area contributed by atoms with Crippen LogP contribution in [-0.2, 0) is 16.4 Å². The van der Waals surface area contributed by atoms with Crippen molar-refractivity contribution in [2.24, 2.45) is 5.41 Å². The number of halogens is 1. The van der Waals surface area contributed by atoms with Gasteiger partial charge in [-0.1, -0.05) is 24.0 Å². The highest BCUT2D eigenvalue weighted by molar-refractivity contribution is 7.89. The topological polar surface area (TPSA) is 69.7 Å². The van der Waals surface area contributed by atoms with Crippen molar-refractivity contribution in [3.8, 4) is 11.8 Å². The molecule has 1 saturated heterocycles. The molecule has 0 bridgehead atoms. The Morgan fingerprint density at radius 2 is 2.07 bits per heavy atom. The molecule has 6 nitrogen and oxygen atoms in total. The molecule has 0 spiro atoms. The van der Waals surface area contributed by atoms with Crippen LogP contribution >= 0.6 is 0 Å². The van der Waals surface area contributed by atoms with Crippen LogP contribution in [0, 0.1) is 23.1 Å². The Bertz CT molecular complexity index is 977. The molecule has 2 unspecified atom stereocenters. The van der Waals surface area contributed by atoms with E-state index in [4.69, 9.17) is 0 Å². The third-order valence-corrected chi connectivity index (χ3v) is 7.31. The standard InChI is InChI=1S/C22H30FN3O3S/c1-5-30(28,29)24-18-10-14-26(21(27)25(3)4)19(18)15-17-8-6-7-16(20(17)23)9-11-22(2)12-13-22/h6-8,18-19,24H,5,10,12-15H2,1-4H3. The maximum atomic E-state index is 15.2. The molecule has 1 aliphatic heterocycles. The second-order valence-corrected chi connectivity index (χ2v) is 10.7. The zero-order valence-electron chi connectivity index (χ0n) is 18.0. The molecule has 1 N–H and O–H groups in total. The van der Waals surface area contributed by atoms with E-state index in [0.29, 0.717) is 24.1 Å². The van der Waals surface area contributed by atoms with E-state index in [1.165, 1.54) is 4.90 Å². The number of nitrogens with zero attached hydrogens (tertiary/aromatic N) is 2. The lowest BCUT2D eigenvalue weighted by atomic mass is 9.98. The Labute approximate surface area is 178 Å². The van der Waals surface area contributed by atoms with Gasteiger partial charge in [0, 0.05) is 32.1 Å². The lowest BCUT2D eigenvalue weighted by molar-refractivity contribution is 0.162. The molecule has 30 heavy (non-hydrogen) atoms. The van der Waals surface area contributed by atoms with Crippen molar-refractivity contribution in [1.29, 1.82) is 0 Å². The number of urea groups is 1. The summed E-state index contributed by atoms with van der Waals surface area (Å²) < 4.78 is 42.2. The van der Waals surface area contributed by atoms with E-state index in [9.17, 15) is 13.2 Å². The second kappa shape index (κ2) is 8.56. The molecule has 164 valence electrons. The van der Waals surface area contributed by atoms with Crippen molar-refractivity contribution in [2.75, 3.05) is 26.4 Å². The van der Waals surface area contributed by atoms with E-state index in [0.717, 1.165) is 12.8 Å². The van der Waals surface area contributed by atoms with Crippen molar-refractivity contribution >= 4 is 16.1 Å². The summed E-state index contributed by atoms with van der Waals surface area (Å²) in [6.45, 7) is 4.05. The molecule has 2 aliphatic rings. The summed E-state index contributed by atoms with van der Waals surface area (Å²) in [6.07, 6.45) is 2.77. The predicted molar refractivity (Wildman–Crippen MR) is 115 cm³/mol. The summed E-state index contributed by atoms with van der Waals surface area (Å²) >= 11 is 0. The highest BCUT2D eigenvalue weighted by Crippen LogP contribution is 2.44. The maximum Gasteiger partial charge on any atom is 0.319 e. The van der Waals surface area contributed by atoms with Crippen LogP contribution in [-0.4, -0.2) is 62.7 Å². The first-order valence-corrected chi connectivity index (χ1v) is 12.0. The minimum absolute atomic E-state index is 0.00759. The smallest absolute Gasteiger partial charge is 0.319 e. The monoisotopic (exact) mass is 435 g/mol. The van der Waals surface area contributed by atoms with Crippen LogP contribution in [0.4, 0.5) is 9.18 Å². The predicted octanol–water partition coefficient (Wildman–Crippen LogP) is 2.58. The molecule has 0 radical (unpaired) electrons. The van der Waals surface area contributed by atoms with Crippen molar-refractivity contribution in [2.45, 2.75) is 51.6 Å². The number of carbonyl (C=O) groups excluding carboxylic acids is 1. The molecule has 1 aliphatic carbocycles. The van der Waals surface area contributed by atoms with Crippen molar-refractivity contribution < 1.29 is 17.6 Å². The van der Waals surface area contributed by atoms with E-state index < -0.39 is 27.9 Å². The molecule has 1 aromatic carbocycles. The highest BCUT2D eigenvalue weighted by atomic mass is 32.2. The van der Waals surface area contributed by atoms with Gasteiger partial charge in [-0.05, 0) is 51.2 Å². The first kappa shape index (κ1) is 22.6. The third kappa shape index (κ3) is 5.13. The van der Waals surface area contributed by atoms with Gasteiger partial charge in [-0.15, -0.1) is 0 Å². The van der Waals surface area contributed by atoms with Gasteiger partial charge in [-0.2, -0.15) is 0 Å². The average Bonchev–Trinajstić information content (AvgIpc) is 3.31. The van der Waals surface area contributed by atoms with Crippen molar-refractivity contribution in [3.05, 3.63) is 35.1 Å². The van der Waals surface area contributed by atoms with Crippen LogP contribution in [0.5, 0.6) is 0 Å². The minimum Gasteiger partial charge on any atom is -0.331 e. The molecule has 1 aromatic rings. The number of amides is 2. The SMILES string of the molecule is CCS(=O)(=O)NC1CCN(C(=O)N(C)C)C1Cc1cccc(C#CC2(C)CC2)c1F. The number of hydrogen-bond donors (Lipinski definition) is 1. The molecule has 0 aromatic heterocycles. The molecule has 3 rings (SSSR count). The molecular weight excluding hydrogens is 405 g/mol. The van der Waals surface area contributed by atoms with Gasteiger partial charge in [0.1, 0.15) is 5.82 Å². The average molecular weight is 436 g/mol. The van der Waals surface area contributed by atoms with Gasteiger partial charge in [0.25, 0.3) is 0 Å². The van der Waals surface area contributed by atoms with Crippen molar-refractivity contribution in [1.82, 2.24) is 14.5 Å². The van der Waals surface area contributed by atoms with Gasteiger partial charge in [0.15, 0.2) is 0 Å². The van der Waals surface area contributed by atoms with Gasteiger partial charge in [-0.25, -0.2) is 22.3 Å². The highest BCUT2D eigenvalue weighted by Gasteiger charge is 2.40. The van der Waals surface area contributed by atoms with Crippen LogP contribution in [0.25, 0.3) is 0 Å². The van der Waals surface area contributed by atoms with Crippen LogP contribution in [0.1, 0.15) is 44.2 Å². The van der Waals surface area contributed by atoms with Gasteiger partial charge < -0.3 is 9.80 Å². The number of likely N-dealkylation sites (tertiary alicyclic amines) is 1. The first-order chi connectivity index (χ1) is 14.1. The van der Waals surface area contributed by atoms with E-state index in [1.807, 2.05) is 0 Å². The maximum absolute atomic E-state index is 15.2. The first-order valence-electron chi connectivity index (χ1n) is 10.3. The third-order valence-electron chi connectivity index (χ3n) is 5.89. The van der Waals surface area contributed by atoms with Crippen LogP contribution < -0.4 is 4.72 Å². The Morgan fingerprint density at radius 1 is 1.37 bits per heavy atom. The zero-order valence-corrected chi connectivity index (χ0v) is 18.9. The second-order valence-electron chi connectivity index (χ2n) is 8.65. The van der Waals surface area contributed by atoms with Gasteiger partial charge >= 0.3 is 6.03 Å². The summed E-state index contributed by atoms with van der Waals surface area (Å²) in [6, 6.07) is 3.96. The number of benzene rings is 1. The fourth-order valence-corrected chi connectivity index (χ4v) is 4.54. The van der Waals surface area contributed by atoms with Crippen molar-refractivity contribution in [3.63, 3.8) is 0 Å². The summed E-state index contributed by atoms with van der Waals surface area (Å²) in [5.41, 5.74) is 0.772. The molecule has 2 amide bonds. The summed E-state index contributed by atoms with van der Waals surface area (Å²) in [5.74, 6) is 5.68. The zero-order chi connectivity index (χ0) is 22.1. The number of carbonyl (C=O) groups is 1. The summed E-state index contributed by atoms with van der Waals surface area (Å²) in [5, 5.41) is 0. The molecular formula is C22H30FN3O3S. The molecule has 8 heteroatoms. The van der Waals surface area contributed by atoms with Crippen LogP contribution in [0.2, 0.25) is 0 Å². The summed E-state index contributed by atoms with van der Waals surface area (Å²) in [4.78, 5) is 15.7. The van der Waals surface area contributed by atoms with Gasteiger partial charge in [-0.3, -0.25) is 0 Å². The molecule has 2 atom stereocenters. The van der Waals surface area contributed by atoms with Gasteiger partial charge in [0.2, 0.25) is 10.0 Å². The van der Waals surface area contributed by atoms with Crippen LogP contribution in [0.15, 0.2) is 18.2 Å². The van der Waals surface area contributed by atoms with E-state index in [-0.39, 0.29) is 23.6 Å². The number of rotatable bonds is 5. The fourth-order valence-electron chi connectivity index (χ4n) is 3.64.